The molecule has 3 rings (SSSR count). The van der Waals surface area contributed by atoms with Crippen LogP contribution in [0.2, 0.25) is 0 Å². The van der Waals surface area contributed by atoms with E-state index in [0.29, 0.717) is 37.3 Å². The number of nitrogens with zero attached hydrogens (tertiary/aromatic N) is 2. The lowest BCUT2D eigenvalue weighted by Gasteiger charge is -2.41. The lowest BCUT2D eigenvalue weighted by molar-refractivity contribution is -0.162. The molecule has 0 N–H and O–H groups in total. The first-order valence-corrected chi connectivity index (χ1v) is 9.56. The number of hydrogen-bond acceptors (Lipinski definition) is 5. The Kier molecular flexibility index (Phi) is 6.26. The van der Waals surface area contributed by atoms with E-state index < -0.39 is 5.41 Å². The number of benzene rings is 1. The Morgan fingerprint density at radius 3 is 3.07 bits per heavy atom. The van der Waals surface area contributed by atoms with Crippen LogP contribution in [0.3, 0.4) is 0 Å². The monoisotopic (exact) mass is 374 g/mol. The highest BCUT2D eigenvalue weighted by atomic mass is 19.1. The molecule has 0 radical (unpaired) electrons. The number of halogens is 1. The third kappa shape index (κ3) is 4.38. The largest absolute Gasteiger partial charge is 0.466 e. The predicted molar refractivity (Wildman–Crippen MR) is 102 cm³/mol. The summed E-state index contributed by atoms with van der Waals surface area (Å²) in [4.78, 5) is 20.7. The summed E-state index contributed by atoms with van der Waals surface area (Å²) in [5, 5.41) is 4.10. The summed E-state index contributed by atoms with van der Waals surface area (Å²) in [7, 11) is 0. The van der Waals surface area contributed by atoms with Crippen molar-refractivity contribution in [3.8, 4) is 0 Å². The zero-order valence-corrected chi connectivity index (χ0v) is 15.8. The summed E-state index contributed by atoms with van der Waals surface area (Å²) in [6, 6.07) is 6.55. The van der Waals surface area contributed by atoms with Crippen LogP contribution in [0, 0.1) is 11.2 Å². The molecule has 2 aliphatic heterocycles. The van der Waals surface area contributed by atoms with Crippen molar-refractivity contribution < 1.29 is 18.8 Å². The van der Waals surface area contributed by atoms with Crippen molar-refractivity contribution in [2.75, 3.05) is 26.2 Å². The van der Waals surface area contributed by atoms with Gasteiger partial charge in [-0.1, -0.05) is 29.4 Å². The van der Waals surface area contributed by atoms with E-state index >= 15 is 0 Å². The zero-order chi connectivity index (χ0) is 19.3. The van der Waals surface area contributed by atoms with Crippen LogP contribution in [0.5, 0.6) is 0 Å². The van der Waals surface area contributed by atoms with Gasteiger partial charge in [0.2, 0.25) is 0 Å². The molecule has 5 nitrogen and oxygen atoms in total. The van der Waals surface area contributed by atoms with Gasteiger partial charge in [0.15, 0.2) is 0 Å². The fraction of sp³-hybridized carbons (Fsp3) is 0.524. The minimum atomic E-state index is -0.623. The van der Waals surface area contributed by atoms with E-state index in [1.54, 1.807) is 18.2 Å². The second-order valence-electron chi connectivity index (χ2n) is 7.28. The van der Waals surface area contributed by atoms with Gasteiger partial charge in [0.1, 0.15) is 11.9 Å². The Hall–Kier alpha value is -2.21. The number of carbonyl (C=O) groups is 1. The first-order chi connectivity index (χ1) is 13.1. The number of piperidine rings is 1. The Morgan fingerprint density at radius 1 is 1.52 bits per heavy atom. The number of likely N-dealkylation sites (tertiary alicyclic amines) is 1. The Morgan fingerprint density at radius 2 is 2.33 bits per heavy atom. The predicted octanol–water partition coefficient (Wildman–Crippen LogP) is 3.54. The molecular formula is C21H27FN2O3. The average molecular weight is 374 g/mol. The first-order valence-electron chi connectivity index (χ1n) is 9.56. The number of carbonyl (C=O) groups excluding carboxylic acids is 1. The van der Waals surface area contributed by atoms with Crippen LogP contribution < -0.4 is 0 Å². The maximum absolute atomic E-state index is 14.0. The van der Waals surface area contributed by atoms with E-state index in [1.807, 2.05) is 13.0 Å². The summed E-state index contributed by atoms with van der Waals surface area (Å²) < 4.78 is 19.4. The molecule has 2 atom stereocenters. The van der Waals surface area contributed by atoms with Crippen molar-refractivity contribution in [1.82, 2.24) is 4.90 Å². The molecule has 2 heterocycles. The highest BCUT2D eigenvalue weighted by Gasteiger charge is 2.46. The number of esters is 1. The molecule has 146 valence electrons. The maximum atomic E-state index is 14.0. The van der Waals surface area contributed by atoms with E-state index in [-0.39, 0.29) is 17.9 Å². The molecule has 2 aliphatic rings. The number of rotatable bonds is 7. The fourth-order valence-electron chi connectivity index (χ4n) is 4.09. The summed E-state index contributed by atoms with van der Waals surface area (Å²) in [6.07, 6.45) is 4.28. The van der Waals surface area contributed by atoms with Crippen molar-refractivity contribution in [3.63, 3.8) is 0 Å². The second-order valence-corrected chi connectivity index (χ2v) is 7.28. The van der Waals surface area contributed by atoms with Gasteiger partial charge in [-0.2, -0.15) is 0 Å². The van der Waals surface area contributed by atoms with E-state index in [4.69, 9.17) is 9.57 Å². The van der Waals surface area contributed by atoms with Gasteiger partial charge in [-0.25, -0.2) is 4.39 Å². The molecule has 0 amide bonds. The average Bonchev–Trinajstić information content (AvgIpc) is 3.11. The third-order valence-electron chi connectivity index (χ3n) is 5.29. The standard InChI is InChI=1S/C21H27FN2O3/c1-3-11-24-12-7-10-21(15-24,20(25)26-4-2)14-16-13-19(23-27-16)17-8-5-6-9-18(17)22/h3,5-6,8-9,16H,1,4,7,10-15H2,2H3/t16-,21-/m1/s1. The molecule has 0 unspecified atom stereocenters. The highest BCUT2D eigenvalue weighted by molar-refractivity contribution is 6.01. The van der Waals surface area contributed by atoms with Gasteiger partial charge in [-0.3, -0.25) is 9.69 Å². The van der Waals surface area contributed by atoms with Crippen molar-refractivity contribution >= 4 is 11.7 Å². The topological polar surface area (TPSA) is 51.1 Å². The third-order valence-corrected chi connectivity index (χ3v) is 5.29. The Labute approximate surface area is 159 Å². The molecular weight excluding hydrogens is 347 g/mol. The van der Waals surface area contributed by atoms with Crippen molar-refractivity contribution in [1.29, 1.82) is 0 Å². The van der Waals surface area contributed by atoms with E-state index in [2.05, 4.69) is 16.6 Å². The number of hydrogen-bond donors (Lipinski definition) is 0. The molecule has 0 aromatic heterocycles. The van der Waals surface area contributed by atoms with Crippen LogP contribution in [-0.4, -0.2) is 48.9 Å². The smallest absolute Gasteiger partial charge is 0.313 e. The summed E-state index contributed by atoms with van der Waals surface area (Å²) in [6.45, 7) is 8.27. The minimum Gasteiger partial charge on any atom is -0.466 e. The lowest BCUT2D eigenvalue weighted by atomic mass is 9.74. The fourth-order valence-corrected chi connectivity index (χ4v) is 4.09. The lowest BCUT2D eigenvalue weighted by Crippen LogP contribution is -2.50. The van der Waals surface area contributed by atoms with Crippen LogP contribution in [-0.2, 0) is 14.4 Å². The molecule has 0 aliphatic carbocycles. The molecule has 0 bridgehead atoms. The molecule has 1 fully saturated rings. The van der Waals surface area contributed by atoms with Crippen LogP contribution in [0.15, 0.2) is 42.1 Å². The normalized spacial score (nSPS) is 25.6. The van der Waals surface area contributed by atoms with Gasteiger partial charge in [0, 0.05) is 31.5 Å². The van der Waals surface area contributed by atoms with Crippen LogP contribution in [0.1, 0.15) is 38.2 Å². The van der Waals surface area contributed by atoms with Crippen LogP contribution in [0.4, 0.5) is 4.39 Å². The van der Waals surface area contributed by atoms with E-state index in [1.165, 1.54) is 6.07 Å². The van der Waals surface area contributed by atoms with Crippen molar-refractivity contribution in [3.05, 3.63) is 48.3 Å². The highest BCUT2D eigenvalue weighted by Crippen LogP contribution is 2.39. The SMILES string of the molecule is C=CCN1CCC[C@](C[C@H]2CC(c3ccccc3F)=NO2)(C(=O)OCC)C1. The summed E-state index contributed by atoms with van der Waals surface area (Å²) in [5.74, 6) is -0.489. The molecule has 27 heavy (non-hydrogen) atoms. The molecule has 1 saturated heterocycles. The summed E-state index contributed by atoms with van der Waals surface area (Å²) in [5.41, 5.74) is 0.431. The van der Waals surface area contributed by atoms with Crippen LogP contribution in [0.25, 0.3) is 0 Å². The maximum Gasteiger partial charge on any atom is 0.313 e. The molecule has 6 heteroatoms. The first kappa shape index (κ1) is 19.5. The van der Waals surface area contributed by atoms with Gasteiger partial charge in [-0.05, 0) is 32.4 Å². The summed E-state index contributed by atoms with van der Waals surface area (Å²) >= 11 is 0. The van der Waals surface area contributed by atoms with Crippen LogP contribution >= 0.6 is 0 Å². The minimum absolute atomic E-state index is 0.179. The van der Waals surface area contributed by atoms with Gasteiger partial charge in [0.05, 0.1) is 17.7 Å². The molecule has 1 aromatic carbocycles. The van der Waals surface area contributed by atoms with Gasteiger partial charge in [0.25, 0.3) is 0 Å². The number of oxime groups is 1. The quantitative estimate of drug-likeness (QED) is 0.541. The van der Waals surface area contributed by atoms with Gasteiger partial charge >= 0.3 is 5.97 Å². The van der Waals surface area contributed by atoms with Crippen molar-refractivity contribution in [2.45, 2.75) is 38.7 Å². The Balaban J connectivity index is 1.73. The Bertz CT molecular complexity index is 721. The van der Waals surface area contributed by atoms with Crippen molar-refractivity contribution in [2.24, 2.45) is 10.6 Å². The van der Waals surface area contributed by atoms with Gasteiger partial charge < -0.3 is 9.57 Å². The molecule has 0 saturated carbocycles. The number of ether oxygens (including phenoxy) is 1. The van der Waals surface area contributed by atoms with Gasteiger partial charge in [-0.15, -0.1) is 6.58 Å². The van der Waals surface area contributed by atoms with E-state index in [9.17, 15) is 9.18 Å². The second kappa shape index (κ2) is 8.65. The van der Waals surface area contributed by atoms with E-state index in [0.717, 1.165) is 25.9 Å². The molecule has 0 spiro atoms. The zero-order valence-electron chi connectivity index (χ0n) is 15.8. The molecule has 1 aromatic rings.